The fourth-order valence-corrected chi connectivity index (χ4v) is 1.49. The fraction of sp³-hybridized carbons (Fsp3) is 1.00. The van der Waals surface area contributed by atoms with E-state index in [2.05, 4.69) is 0 Å². The summed E-state index contributed by atoms with van der Waals surface area (Å²) in [7, 11) is -4.35. The summed E-state index contributed by atoms with van der Waals surface area (Å²) in [5, 5.41) is 0. The highest BCUT2D eigenvalue weighted by molar-refractivity contribution is 6.52. The molecule has 0 saturated carbocycles. The van der Waals surface area contributed by atoms with Gasteiger partial charge in [-0.15, -0.1) is 0 Å². The fourth-order valence-electron chi connectivity index (χ4n) is 0.883. The molecule has 1 unspecified atom stereocenters. The molecule has 109 valence electrons. The Morgan fingerprint density at radius 1 is 0.889 bits per heavy atom. The largest absolute Gasteiger partial charge is 0.427 e. The minimum atomic E-state index is -6.65. The zero-order valence-corrected chi connectivity index (χ0v) is 9.93. The Kier molecular flexibility index (Phi) is 4.47. The lowest BCUT2D eigenvalue weighted by Crippen LogP contribution is -2.67. The van der Waals surface area contributed by atoms with Crippen molar-refractivity contribution in [2.24, 2.45) is 0 Å². The van der Waals surface area contributed by atoms with Crippen molar-refractivity contribution < 1.29 is 44.3 Å². The second-order valence-corrected chi connectivity index (χ2v) is 5.35. The molecule has 1 atom stereocenters. The Morgan fingerprint density at radius 2 is 1.22 bits per heavy atom. The molecule has 1 radical (unpaired) electrons. The SMILES string of the molecule is CC(F)C(F)(F)C(F)(F)C(F)(F)C(F)(F)[Si](C)O. The number of hydrogen-bond donors (Lipinski definition) is 1. The molecule has 18 heavy (non-hydrogen) atoms. The highest BCUT2D eigenvalue weighted by Crippen LogP contribution is 2.54. The molecule has 0 heterocycles. The van der Waals surface area contributed by atoms with Crippen molar-refractivity contribution in [2.75, 3.05) is 0 Å². The average molecular weight is 307 g/mol. The molecular formula is C7H8F9OSi. The van der Waals surface area contributed by atoms with E-state index in [1.165, 1.54) is 0 Å². The van der Waals surface area contributed by atoms with Gasteiger partial charge >= 0.3 is 23.3 Å². The second kappa shape index (κ2) is 4.58. The molecule has 0 aromatic heterocycles. The lowest BCUT2D eigenvalue weighted by Gasteiger charge is -2.37. The van der Waals surface area contributed by atoms with E-state index in [-0.39, 0.29) is 13.5 Å². The molecule has 11 heteroatoms. The lowest BCUT2D eigenvalue weighted by molar-refractivity contribution is -0.360. The van der Waals surface area contributed by atoms with Crippen LogP contribution in [0.25, 0.3) is 0 Å². The van der Waals surface area contributed by atoms with Crippen LogP contribution in [-0.2, 0) is 0 Å². The van der Waals surface area contributed by atoms with Crippen molar-refractivity contribution in [3.05, 3.63) is 0 Å². The quantitative estimate of drug-likeness (QED) is 0.611. The number of rotatable bonds is 5. The maximum absolute atomic E-state index is 12.8. The van der Waals surface area contributed by atoms with Gasteiger partial charge in [-0.2, -0.15) is 26.3 Å². The van der Waals surface area contributed by atoms with E-state index in [1.807, 2.05) is 0 Å². The van der Waals surface area contributed by atoms with Crippen LogP contribution in [0.3, 0.4) is 0 Å². The van der Waals surface area contributed by atoms with Crippen molar-refractivity contribution in [2.45, 2.75) is 43.0 Å². The van der Waals surface area contributed by atoms with Gasteiger partial charge in [0.25, 0.3) is 9.04 Å². The van der Waals surface area contributed by atoms with Crippen LogP contribution in [0.5, 0.6) is 0 Å². The Morgan fingerprint density at radius 3 is 1.44 bits per heavy atom. The Hall–Kier alpha value is -0.453. The van der Waals surface area contributed by atoms with Gasteiger partial charge in [-0.25, -0.2) is 13.2 Å². The van der Waals surface area contributed by atoms with Gasteiger partial charge in [0.1, 0.15) is 0 Å². The lowest BCUT2D eigenvalue weighted by atomic mass is 10.0. The third-order valence-corrected chi connectivity index (χ3v) is 3.38. The first-order valence-electron chi connectivity index (χ1n) is 4.32. The third kappa shape index (κ3) is 2.21. The first-order chi connectivity index (χ1) is 7.64. The summed E-state index contributed by atoms with van der Waals surface area (Å²) in [6.07, 6.45) is -3.78. The Bertz CT molecular complexity index is 271. The van der Waals surface area contributed by atoms with Gasteiger partial charge in [-0.05, 0) is 13.5 Å². The van der Waals surface area contributed by atoms with Gasteiger partial charge in [-0.3, -0.25) is 0 Å². The van der Waals surface area contributed by atoms with Gasteiger partial charge in [-0.1, -0.05) is 0 Å². The van der Waals surface area contributed by atoms with Crippen LogP contribution in [-0.4, -0.2) is 43.3 Å². The summed E-state index contributed by atoms with van der Waals surface area (Å²) in [4.78, 5) is 8.38. The molecule has 0 amide bonds. The third-order valence-electron chi connectivity index (χ3n) is 2.16. The summed E-state index contributed by atoms with van der Waals surface area (Å²) in [6, 6.07) is 0. The molecule has 0 aliphatic carbocycles. The van der Waals surface area contributed by atoms with E-state index in [9.17, 15) is 39.5 Å². The highest BCUT2D eigenvalue weighted by atomic mass is 28.3. The van der Waals surface area contributed by atoms with Crippen LogP contribution in [0.4, 0.5) is 39.5 Å². The van der Waals surface area contributed by atoms with E-state index in [0.29, 0.717) is 0 Å². The summed E-state index contributed by atoms with van der Waals surface area (Å²) in [5.74, 6) is -19.2. The van der Waals surface area contributed by atoms with Crippen molar-refractivity contribution in [1.29, 1.82) is 0 Å². The first kappa shape index (κ1) is 17.5. The van der Waals surface area contributed by atoms with E-state index in [0.717, 1.165) is 0 Å². The van der Waals surface area contributed by atoms with Crippen LogP contribution in [0.1, 0.15) is 6.92 Å². The molecule has 0 fully saturated rings. The molecule has 0 bridgehead atoms. The second-order valence-electron chi connectivity index (χ2n) is 3.55. The smallest absolute Gasteiger partial charge is 0.380 e. The summed E-state index contributed by atoms with van der Waals surface area (Å²) in [5.41, 5.74) is -5.75. The molecular weight excluding hydrogens is 299 g/mol. The Balaban J connectivity index is 5.74. The zero-order valence-electron chi connectivity index (χ0n) is 8.93. The van der Waals surface area contributed by atoms with Gasteiger partial charge < -0.3 is 4.80 Å². The minimum Gasteiger partial charge on any atom is -0.427 e. The summed E-state index contributed by atoms with van der Waals surface area (Å²) in [6.45, 7) is -0.0510. The van der Waals surface area contributed by atoms with Crippen molar-refractivity contribution in [1.82, 2.24) is 0 Å². The van der Waals surface area contributed by atoms with Crippen LogP contribution in [0.2, 0.25) is 6.55 Å². The van der Waals surface area contributed by atoms with E-state index < -0.39 is 38.5 Å². The predicted molar refractivity (Wildman–Crippen MR) is 44.2 cm³/mol. The topological polar surface area (TPSA) is 20.2 Å². The average Bonchev–Trinajstić information content (AvgIpc) is 2.15. The molecule has 1 nitrogen and oxygen atoms in total. The standard InChI is InChI=1S/C7H8F9OSi/c1-3(8)4(9,10)5(11,12)6(13,14)7(15,16)18(2)17/h3,17H,1-2H3. The predicted octanol–water partition coefficient (Wildman–Crippen LogP) is 3.04. The molecule has 0 spiro atoms. The van der Waals surface area contributed by atoms with Crippen LogP contribution < -0.4 is 0 Å². The first-order valence-corrected chi connectivity index (χ1v) is 6.27. The molecule has 1 N–H and O–H groups in total. The molecule has 0 rings (SSSR count). The number of hydrogen-bond acceptors (Lipinski definition) is 1. The van der Waals surface area contributed by atoms with Gasteiger partial charge in [0.2, 0.25) is 0 Å². The van der Waals surface area contributed by atoms with Crippen LogP contribution in [0.15, 0.2) is 0 Å². The van der Waals surface area contributed by atoms with Crippen LogP contribution in [0, 0.1) is 0 Å². The molecule has 0 aromatic carbocycles. The number of halogens is 9. The van der Waals surface area contributed by atoms with Gasteiger partial charge in [0.15, 0.2) is 6.17 Å². The number of alkyl halides is 9. The van der Waals surface area contributed by atoms with E-state index in [1.54, 1.807) is 0 Å². The minimum absolute atomic E-state index is 0.117. The zero-order chi connectivity index (χ0) is 15.2. The normalized spacial score (nSPS) is 17.2. The highest BCUT2D eigenvalue weighted by Gasteiger charge is 2.82. The molecule has 0 aliphatic heterocycles. The van der Waals surface area contributed by atoms with E-state index >= 15 is 0 Å². The van der Waals surface area contributed by atoms with Crippen molar-refractivity contribution >= 4 is 9.04 Å². The Labute approximate surface area is 97.3 Å². The van der Waals surface area contributed by atoms with Crippen molar-refractivity contribution in [3.63, 3.8) is 0 Å². The summed E-state index contributed by atoms with van der Waals surface area (Å²) >= 11 is 0. The van der Waals surface area contributed by atoms with Gasteiger partial charge in [0, 0.05) is 0 Å². The molecule has 0 saturated heterocycles. The summed E-state index contributed by atoms with van der Waals surface area (Å²) < 4.78 is 114. The molecule has 0 aromatic rings. The van der Waals surface area contributed by atoms with Gasteiger partial charge in [0.05, 0.1) is 0 Å². The molecule has 0 aliphatic rings. The monoisotopic (exact) mass is 307 g/mol. The maximum atomic E-state index is 12.8. The maximum Gasteiger partial charge on any atom is 0.380 e. The van der Waals surface area contributed by atoms with Crippen molar-refractivity contribution in [3.8, 4) is 0 Å². The van der Waals surface area contributed by atoms with Crippen LogP contribution >= 0.6 is 0 Å². The van der Waals surface area contributed by atoms with E-state index in [4.69, 9.17) is 4.80 Å².